The second-order valence-electron chi connectivity index (χ2n) is 4.69. The third-order valence-electron chi connectivity index (χ3n) is 3.22. The molecule has 0 radical (unpaired) electrons. The van der Waals surface area contributed by atoms with Crippen molar-refractivity contribution in [1.82, 2.24) is 9.97 Å². The summed E-state index contributed by atoms with van der Waals surface area (Å²) in [6, 6.07) is 13.8. The number of nitrogens with one attached hydrogen (secondary N) is 1. The quantitative estimate of drug-likeness (QED) is 0.703. The van der Waals surface area contributed by atoms with E-state index in [0.29, 0.717) is 29.7 Å². The van der Waals surface area contributed by atoms with Gasteiger partial charge in [-0.15, -0.1) is 6.58 Å². The van der Waals surface area contributed by atoms with Crippen molar-refractivity contribution in [3.05, 3.63) is 61.4 Å². The topological polar surface area (TPSA) is 73.1 Å². The van der Waals surface area contributed by atoms with E-state index in [-0.39, 0.29) is 0 Å². The highest BCUT2D eigenvalue weighted by Crippen LogP contribution is 2.33. The van der Waals surface area contributed by atoms with Gasteiger partial charge in [-0.1, -0.05) is 42.5 Å². The average Bonchev–Trinajstić information content (AvgIpc) is 2.56. The minimum atomic E-state index is 0.331. The van der Waals surface area contributed by atoms with Crippen molar-refractivity contribution in [1.29, 1.82) is 0 Å². The van der Waals surface area contributed by atoms with E-state index >= 15 is 0 Å². The fourth-order valence-electron chi connectivity index (χ4n) is 2.16. The summed E-state index contributed by atoms with van der Waals surface area (Å²) in [7, 11) is 0. The molecule has 110 valence electrons. The molecule has 0 aliphatic carbocycles. The van der Waals surface area contributed by atoms with Crippen LogP contribution in [0.4, 0.5) is 11.5 Å². The molecular formula is C17H16N4O. The number of benzene rings is 2. The van der Waals surface area contributed by atoms with Crippen LogP contribution in [-0.2, 0) is 0 Å². The smallest absolute Gasteiger partial charge is 0.248 e. The predicted molar refractivity (Wildman–Crippen MR) is 89.2 cm³/mol. The summed E-state index contributed by atoms with van der Waals surface area (Å²) in [6.07, 6.45) is 3.15. The lowest BCUT2D eigenvalue weighted by atomic mass is 10.1. The lowest BCUT2D eigenvalue weighted by molar-refractivity contribution is 0.470. The van der Waals surface area contributed by atoms with Gasteiger partial charge in [0.1, 0.15) is 17.8 Å². The molecule has 3 rings (SSSR count). The second kappa shape index (κ2) is 6.13. The Bertz CT molecular complexity index is 811. The first-order chi connectivity index (χ1) is 10.8. The Morgan fingerprint density at radius 1 is 1.14 bits per heavy atom. The van der Waals surface area contributed by atoms with Gasteiger partial charge in [0.05, 0.1) is 0 Å². The Kier molecular flexibility index (Phi) is 3.87. The molecule has 0 saturated heterocycles. The van der Waals surface area contributed by atoms with Gasteiger partial charge in [0.15, 0.2) is 5.82 Å². The molecule has 0 unspecified atom stereocenters. The molecule has 0 saturated carbocycles. The average molecular weight is 292 g/mol. The molecule has 3 N–H and O–H groups in total. The van der Waals surface area contributed by atoms with Crippen molar-refractivity contribution in [3.63, 3.8) is 0 Å². The summed E-state index contributed by atoms with van der Waals surface area (Å²) in [6.45, 7) is 4.22. The van der Waals surface area contributed by atoms with Crippen molar-refractivity contribution in [2.45, 2.75) is 0 Å². The Labute approximate surface area is 128 Å². The number of hydrogen-bond donors (Lipinski definition) is 2. The maximum absolute atomic E-state index is 6.07. The summed E-state index contributed by atoms with van der Waals surface area (Å²) in [5.41, 5.74) is 6.44. The number of nitrogens with two attached hydrogens (primary N) is 1. The first-order valence-electron chi connectivity index (χ1n) is 6.90. The Morgan fingerprint density at radius 2 is 1.95 bits per heavy atom. The molecule has 2 aromatic carbocycles. The minimum Gasteiger partial charge on any atom is -0.436 e. The molecule has 0 atom stereocenters. The van der Waals surface area contributed by atoms with Gasteiger partial charge in [-0.05, 0) is 11.5 Å². The van der Waals surface area contributed by atoms with Gasteiger partial charge in [-0.2, -0.15) is 4.98 Å². The largest absolute Gasteiger partial charge is 0.436 e. The maximum Gasteiger partial charge on any atom is 0.248 e. The van der Waals surface area contributed by atoms with Gasteiger partial charge in [0.2, 0.25) is 5.88 Å². The molecule has 1 aromatic heterocycles. The van der Waals surface area contributed by atoms with Crippen LogP contribution < -0.4 is 15.8 Å². The molecule has 0 bridgehead atoms. The minimum absolute atomic E-state index is 0.331. The molecule has 0 fully saturated rings. The van der Waals surface area contributed by atoms with Gasteiger partial charge in [-0.25, -0.2) is 4.98 Å². The first kappa shape index (κ1) is 13.9. The number of hydrogen-bond acceptors (Lipinski definition) is 5. The standard InChI is InChI=1S/C17H16N4O/c1-2-10-19-16-15(18)17(21-11-20-16)22-14-9-5-7-12-6-3-4-8-13(12)14/h2-9,11H,1,10,18H2,(H,19,20,21). The lowest BCUT2D eigenvalue weighted by Crippen LogP contribution is -2.06. The third kappa shape index (κ3) is 2.69. The van der Waals surface area contributed by atoms with Crippen molar-refractivity contribution < 1.29 is 4.74 Å². The fourth-order valence-corrected chi connectivity index (χ4v) is 2.16. The Morgan fingerprint density at radius 3 is 2.82 bits per heavy atom. The van der Waals surface area contributed by atoms with Crippen LogP contribution in [0.15, 0.2) is 61.4 Å². The van der Waals surface area contributed by atoms with Crippen LogP contribution in [0.3, 0.4) is 0 Å². The summed E-state index contributed by atoms with van der Waals surface area (Å²) in [5, 5.41) is 5.15. The first-order valence-corrected chi connectivity index (χ1v) is 6.90. The molecule has 0 aliphatic rings. The van der Waals surface area contributed by atoms with E-state index in [2.05, 4.69) is 21.9 Å². The van der Waals surface area contributed by atoms with E-state index in [9.17, 15) is 0 Å². The van der Waals surface area contributed by atoms with Crippen molar-refractivity contribution >= 4 is 22.3 Å². The van der Waals surface area contributed by atoms with Crippen LogP contribution in [0.25, 0.3) is 10.8 Å². The molecule has 0 amide bonds. The molecule has 5 nitrogen and oxygen atoms in total. The zero-order valence-corrected chi connectivity index (χ0v) is 12.0. The number of fused-ring (bicyclic) bond motifs is 1. The van der Waals surface area contributed by atoms with E-state index in [1.165, 1.54) is 6.33 Å². The van der Waals surface area contributed by atoms with Crippen molar-refractivity contribution in [3.8, 4) is 11.6 Å². The molecule has 0 aliphatic heterocycles. The van der Waals surface area contributed by atoms with Gasteiger partial charge in [-0.3, -0.25) is 0 Å². The van der Waals surface area contributed by atoms with Crippen LogP contribution in [-0.4, -0.2) is 16.5 Å². The van der Waals surface area contributed by atoms with Crippen LogP contribution in [0.2, 0.25) is 0 Å². The van der Waals surface area contributed by atoms with Gasteiger partial charge < -0.3 is 15.8 Å². The van der Waals surface area contributed by atoms with Crippen molar-refractivity contribution in [2.24, 2.45) is 0 Å². The maximum atomic E-state index is 6.07. The zero-order valence-electron chi connectivity index (χ0n) is 12.0. The van der Waals surface area contributed by atoms with Gasteiger partial charge >= 0.3 is 0 Å². The number of rotatable bonds is 5. The van der Waals surface area contributed by atoms with E-state index in [0.717, 1.165) is 10.8 Å². The van der Waals surface area contributed by atoms with E-state index in [4.69, 9.17) is 10.5 Å². The highest BCUT2D eigenvalue weighted by molar-refractivity contribution is 5.88. The Balaban J connectivity index is 1.97. The molecular weight excluding hydrogens is 276 g/mol. The predicted octanol–water partition coefficient (Wildman–Crippen LogP) is 3.60. The monoisotopic (exact) mass is 292 g/mol. The third-order valence-corrected chi connectivity index (χ3v) is 3.22. The highest BCUT2D eigenvalue weighted by atomic mass is 16.5. The number of ether oxygens (including phenoxy) is 1. The number of aromatic nitrogens is 2. The van der Waals surface area contributed by atoms with Crippen LogP contribution in [0.5, 0.6) is 11.6 Å². The Hall–Kier alpha value is -3.08. The number of nitrogen functional groups attached to an aromatic ring is 1. The summed E-state index contributed by atoms with van der Waals surface area (Å²) in [4.78, 5) is 8.23. The SMILES string of the molecule is C=CCNc1ncnc(Oc2cccc3ccccc23)c1N. The number of anilines is 2. The van der Waals surface area contributed by atoms with Crippen molar-refractivity contribution in [2.75, 3.05) is 17.6 Å². The van der Waals surface area contributed by atoms with E-state index in [1.54, 1.807) is 6.08 Å². The summed E-state index contributed by atoms with van der Waals surface area (Å²) >= 11 is 0. The molecule has 0 spiro atoms. The number of nitrogens with zero attached hydrogens (tertiary/aromatic N) is 2. The molecule has 3 aromatic rings. The van der Waals surface area contributed by atoms with Crippen LogP contribution >= 0.6 is 0 Å². The van der Waals surface area contributed by atoms with Gasteiger partial charge in [0.25, 0.3) is 0 Å². The molecule has 22 heavy (non-hydrogen) atoms. The zero-order chi connectivity index (χ0) is 15.4. The molecule has 1 heterocycles. The van der Waals surface area contributed by atoms with Crippen LogP contribution in [0, 0.1) is 0 Å². The normalized spacial score (nSPS) is 10.4. The fraction of sp³-hybridized carbons (Fsp3) is 0.0588. The summed E-state index contributed by atoms with van der Waals surface area (Å²) in [5.74, 6) is 1.57. The van der Waals surface area contributed by atoms with E-state index in [1.807, 2.05) is 42.5 Å². The molecule has 5 heteroatoms. The van der Waals surface area contributed by atoms with E-state index < -0.39 is 0 Å². The van der Waals surface area contributed by atoms with Crippen LogP contribution in [0.1, 0.15) is 0 Å². The summed E-state index contributed by atoms with van der Waals surface area (Å²) < 4.78 is 5.90. The lowest BCUT2D eigenvalue weighted by Gasteiger charge is -2.12. The second-order valence-corrected chi connectivity index (χ2v) is 4.69. The highest BCUT2D eigenvalue weighted by Gasteiger charge is 2.11. The van der Waals surface area contributed by atoms with Gasteiger partial charge in [0, 0.05) is 11.9 Å².